The number of nitrogens with one attached hydrogen (secondary N) is 1. The van der Waals surface area contributed by atoms with Crippen LogP contribution in [0.25, 0.3) is 11.1 Å². The molecule has 0 saturated carbocycles. The van der Waals surface area contributed by atoms with Crippen molar-refractivity contribution in [2.75, 3.05) is 13.1 Å². The fraction of sp³-hybridized carbons (Fsp3) is 0.316. The molecular formula is C19H18F3N2O4S-. The molecule has 0 radical (unpaired) electrons. The van der Waals surface area contributed by atoms with E-state index in [9.17, 15) is 31.5 Å². The van der Waals surface area contributed by atoms with Gasteiger partial charge in [0.25, 0.3) is 0 Å². The highest BCUT2D eigenvalue weighted by atomic mass is 32.2. The normalized spacial score (nSPS) is 16.0. The van der Waals surface area contributed by atoms with E-state index in [1.54, 1.807) is 30.3 Å². The lowest BCUT2D eigenvalue weighted by atomic mass is 10.0. The predicted octanol–water partition coefficient (Wildman–Crippen LogP) is 2.46. The predicted molar refractivity (Wildman–Crippen MR) is 97.2 cm³/mol. The van der Waals surface area contributed by atoms with Crippen LogP contribution in [0, 0.1) is 0 Å². The van der Waals surface area contributed by atoms with Gasteiger partial charge in [0, 0.05) is 19.1 Å². The highest BCUT2D eigenvalue weighted by Gasteiger charge is 2.38. The van der Waals surface area contributed by atoms with Gasteiger partial charge in [0.05, 0.1) is 10.5 Å². The van der Waals surface area contributed by atoms with Gasteiger partial charge in [0.1, 0.15) is 6.09 Å². The lowest BCUT2D eigenvalue weighted by Gasteiger charge is -2.33. The summed E-state index contributed by atoms with van der Waals surface area (Å²) in [7, 11) is -4.46. The van der Waals surface area contributed by atoms with Gasteiger partial charge in [0.2, 0.25) is 10.0 Å². The second-order valence-corrected chi connectivity index (χ2v) is 8.41. The highest BCUT2D eigenvalue weighted by molar-refractivity contribution is 7.89. The molecule has 3 rings (SSSR count). The first-order chi connectivity index (χ1) is 13.6. The fourth-order valence-electron chi connectivity index (χ4n) is 3.26. The smallest absolute Gasteiger partial charge is 0.417 e. The first-order valence-electron chi connectivity index (χ1n) is 8.83. The van der Waals surface area contributed by atoms with Gasteiger partial charge in [-0.05, 0) is 36.1 Å². The van der Waals surface area contributed by atoms with Crippen LogP contribution in [0.5, 0.6) is 0 Å². The van der Waals surface area contributed by atoms with E-state index in [1.165, 1.54) is 6.07 Å². The number of likely N-dealkylation sites (tertiary alicyclic amines) is 1. The maximum absolute atomic E-state index is 13.6. The molecule has 0 unspecified atom stereocenters. The number of alkyl halides is 3. The summed E-state index contributed by atoms with van der Waals surface area (Å²) in [6.07, 6.45) is -5.93. The summed E-state index contributed by atoms with van der Waals surface area (Å²) >= 11 is 0. The molecule has 10 heteroatoms. The third-order valence-corrected chi connectivity index (χ3v) is 6.34. The number of piperidine rings is 1. The van der Waals surface area contributed by atoms with Crippen LogP contribution < -0.4 is 9.83 Å². The van der Waals surface area contributed by atoms with Gasteiger partial charge in [-0.15, -0.1) is 0 Å². The number of sulfonamides is 1. The zero-order valence-corrected chi connectivity index (χ0v) is 16.0. The van der Waals surface area contributed by atoms with Crippen molar-refractivity contribution < 1.29 is 31.5 Å². The molecule has 2 aromatic rings. The molecule has 1 heterocycles. The molecule has 1 aliphatic rings. The maximum atomic E-state index is 13.6. The summed E-state index contributed by atoms with van der Waals surface area (Å²) in [4.78, 5) is 11.0. The molecule has 1 aliphatic heterocycles. The van der Waals surface area contributed by atoms with Crippen molar-refractivity contribution in [2.24, 2.45) is 0 Å². The molecule has 156 valence electrons. The SMILES string of the molecule is O=C([O-])N1CCC(NS(=O)(=O)c2ccc(-c3ccccc3)cc2C(F)(F)F)CC1. The Morgan fingerprint density at radius 3 is 2.21 bits per heavy atom. The molecule has 0 bridgehead atoms. The van der Waals surface area contributed by atoms with E-state index >= 15 is 0 Å². The first-order valence-corrected chi connectivity index (χ1v) is 10.3. The molecule has 1 amide bonds. The van der Waals surface area contributed by atoms with Crippen LogP contribution in [0.15, 0.2) is 53.4 Å². The molecule has 1 fully saturated rings. The van der Waals surface area contributed by atoms with Gasteiger partial charge in [-0.2, -0.15) is 13.2 Å². The van der Waals surface area contributed by atoms with Crippen LogP contribution in [0.1, 0.15) is 18.4 Å². The first kappa shape index (κ1) is 21.1. The van der Waals surface area contributed by atoms with E-state index in [4.69, 9.17) is 0 Å². The van der Waals surface area contributed by atoms with Gasteiger partial charge >= 0.3 is 6.18 Å². The number of benzene rings is 2. The van der Waals surface area contributed by atoms with Crippen molar-refractivity contribution in [1.29, 1.82) is 0 Å². The Bertz CT molecular complexity index is 986. The Labute approximate surface area is 166 Å². The molecule has 29 heavy (non-hydrogen) atoms. The van der Waals surface area contributed by atoms with Gasteiger partial charge < -0.3 is 14.8 Å². The summed E-state index contributed by atoms with van der Waals surface area (Å²) in [5.74, 6) is 0. The lowest BCUT2D eigenvalue weighted by Crippen LogP contribution is -2.50. The number of carbonyl (C=O) groups is 1. The van der Waals surface area contributed by atoms with Crippen LogP contribution in [-0.4, -0.2) is 38.5 Å². The maximum Gasteiger partial charge on any atom is 0.417 e. The average molecular weight is 427 g/mol. The number of hydrogen-bond donors (Lipinski definition) is 1. The van der Waals surface area contributed by atoms with Crippen molar-refractivity contribution in [3.05, 3.63) is 54.1 Å². The van der Waals surface area contributed by atoms with Crippen LogP contribution in [0.2, 0.25) is 0 Å². The summed E-state index contributed by atoms with van der Waals surface area (Å²) in [5.41, 5.74) is -0.470. The van der Waals surface area contributed by atoms with E-state index in [2.05, 4.69) is 4.72 Å². The minimum atomic E-state index is -4.87. The topological polar surface area (TPSA) is 89.5 Å². The Morgan fingerprint density at radius 2 is 1.66 bits per heavy atom. The molecule has 2 aromatic carbocycles. The van der Waals surface area contributed by atoms with Crippen LogP contribution >= 0.6 is 0 Å². The highest BCUT2D eigenvalue weighted by Crippen LogP contribution is 2.37. The van der Waals surface area contributed by atoms with E-state index in [0.29, 0.717) is 5.56 Å². The minimum absolute atomic E-state index is 0.0502. The van der Waals surface area contributed by atoms with Crippen LogP contribution in [0.4, 0.5) is 18.0 Å². The fourth-order valence-corrected chi connectivity index (χ4v) is 4.77. The van der Waals surface area contributed by atoms with Crippen molar-refractivity contribution >= 4 is 16.1 Å². The van der Waals surface area contributed by atoms with Crippen LogP contribution in [-0.2, 0) is 16.2 Å². The second kappa shape index (κ2) is 8.03. The van der Waals surface area contributed by atoms with E-state index in [1.807, 2.05) is 0 Å². The number of amides is 1. The molecule has 0 atom stereocenters. The van der Waals surface area contributed by atoms with Crippen molar-refractivity contribution in [1.82, 2.24) is 9.62 Å². The van der Waals surface area contributed by atoms with Gasteiger partial charge in [0.15, 0.2) is 0 Å². The molecule has 1 N–H and O–H groups in total. The molecular weight excluding hydrogens is 409 g/mol. The van der Waals surface area contributed by atoms with Crippen LogP contribution in [0.3, 0.4) is 0 Å². The number of rotatable bonds is 4. The number of carbonyl (C=O) groups excluding carboxylic acids is 1. The third kappa shape index (κ3) is 4.88. The largest absolute Gasteiger partial charge is 0.530 e. The van der Waals surface area contributed by atoms with Crippen molar-refractivity contribution in [2.45, 2.75) is 30.0 Å². The average Bonchev–Trinajstić information content (AvgIpc) is 2.67. The van der Waals surface area contributed by atoms with Crippen molar-refractivity contribution in [3.63, 3.8) is 0 Å². The molecule has 0 aliphatic carbocycles. The molecule has 0 aromatic heterocycles. The minimum Gasteiger partial charge on any atom is -0.530 e. The number of nitrogens with zero attached hydrogens (tertiary/aromatic N) is 1. The van der Waals surface area contributed by atoms with Gasteiger partial charge in [-0.25, -0.2) is 13.1 Å². The van der Waals surface area contributed by atoms with Gasteiger partial charge in [-0.3, -0.25) is 0 Å². The Kier molecular flexibility index (Phi) is 5.85. The summed E-state index contributed by atoms with van der Waals surface area (Å²) in [6.45, 7) is 0.100. The zero-order valence-electron chi connectivity index (χ0n) is 15.1. The Balaban J connectivity index is 1.89. The van der Waals surface area contributed by atoms with E-state index in [0.717, 1.165) is 17.0 Å². The third-order valence-electron chi connectivity index (χ3n) is 4.76. The lowest BCUT2D eigenvalue weighted by molar-refractivity contribution is -0.266. The van der Waals surface area contributed by atoms with E-state index in [-0.39, 0.29) is 31.5 Å². The summed E-state index contributed by atoms with van der Waals surface area (Å²) in [6, 6.07) is 10.8. The quantitative estimate of drug-likeness (QED) is 0.812. The zero-order chi connectivity index (χ0) is 21.2. The number of hydrogen-bond acceptors (Lipinski definition) is 4. The summed E-state index contributed by atoms with van der Waals surface area (Å²) < 4.78 is 68.5. The Morgan fingerprint density at radius 1 is 1.03 bits per heavy atom. The summed E-state index contributed by atoms with van der Waals surface area (Å²) in [5, 5.41) is 10.8. The second-order valence-electron chi connectivity index (χ2n) is 6.72. The number of carboxylic acid groups (broad SMARTS) is 1. The molecule has 6 nitrogen and oxygen atoms in total. The standard InChI is InChI=1S/C19H19F3N2O4S/c20-19(21,22)16-12-14(13-4-2-1-3-5-13)6-7-17(16)29(27,28)23-15-8-10-24(11-9-15)18(25)26/h1-7,12,15,23H,8-11H2,(H,25,26)/p-1. The van der Waals surface area contributed by atoms with Crippen molar-refractivity contribution in [3.8, 4) is 11.1 Å². The number of halogens is 3. The van der Waals surface area contributed by atoms with Gasteiger partial charge in [-0.1, -0.05) is 36.4 Å². The Hall–Kier alpha value is -2.59. The van der Waals surface area contributed by atoms with E-state index < -0.39 is 38.8 Å². The molecule has 0 spiro atoms. The monoisotopic (exact) mass is 427 g/mol. The molecule has 1 saturated heterocycles.